The van der Waals surface area contributed by atoms with Crippen LogP contribution in [0.2, 0.25) is 0 Å². The van der Waals surface area contributed by atoms with Crippen LogP contribution in [0, 0.1) is 17.8 Å². The summed E-state index contributed by atoms with van der Waals surface area (Å²) in [5.41, 5.74) is 1.52. The van der Waals surface area contributed by atoms with Crippen molar-refractivity contribution in [1.29, 1.82) is 0 Å². The minimum absolute atomic E-state index is 0.0330. The minimum Gasteiger partial charge on any atom is -0.345 e. The average Bonchev–Trinajstić information content (AvgIpc) is 4.01. The summed E-state index contributed by atoms with van der Waals surface area (Å²) in [5, 5.41) is 18.9. The fourth-order valence-corrected chi connectivity index (χ4v) is 9.63. The molecule has 1 saturated heterocycles. The van der Waals surface area contributed by atoms with E-state index in [4.69, 9.17) is 9.97 Å². The van der Waals surface area contributed by atoms with E-state index >= 15 is 0 Å². The summed E-state index contributed by atoms with van der Waals surface area (Å²) in [7, 11) is 0. The Hall–Kier alpha value is -4.54. The molecule has 6 bridgehead atoms. The smallest absolute Gasteiger partial charge is 0.271 e. The van der Waals surface area contributed by atoms with Gasteiger partial charge in [0.05, 0.1) is 18.1 Å². The van der Waals surface area contributed by atoms with Crippen molar-refractivity contribution in [2.24, 2.45) is 17.8 Å². The molecule has 2 aliphatic heterocycles. The number of fused-ring (bicyclic) bond motifs is 7. The maximum Gasteiger partial charge on any atom is 0.271 e. The van der Waals surface area contributed by atoms with Gasteiger partial charge >= 0.3 is 0 Å². The van der Waals surface area contributed by atoms with E-state index in [1.807, 2.05) is 71.9 Å². The minimum atomic E-state index is -0.896. The van der Waals surface area contributed by atoms with Gasteiger partial charge in [-0.25, -0.2) is 15.0 Å². The number of nitrogens with one attached hydrogen (secondary N) is 4. The molecule has 3 aromatic heterocycles. The van der Waals surface area contributed by atoms with Gasteiger partial charge in [0, 0.05) is 22.7 Å². The highest BCUT2D eigenvalue weighted by molar-refractivity contribution is 7.10. The van der Waals surface area contributed by atoms with Gasteiger partial charge in [-0.2, -0.15) is 0 Å². The fraction of sp³-hybridized carbons (Fsp3) is 0.487. The Balaban J connectivity index is 1.38. The third-order valence-electron chi connectivity index (χ3n) is 10.2. The number of hydrogen-bond acceptors (Lipinski definition) is 11. The SMILES string of the molecule is CCC(C)[C@H]1NC(=O)c2csc(n2)[C@H](Cc2ccccc2)NC(=O)c2csc(n2)[C@H](C(C)C)NC(=O)[C@@H]2CCCN2C(=O)[C@H](C(C)C)NC(=O)c2csc1n2. The molecule has 1 unspecified atom stereocenters. The van der Waals surface area contributed by atoms with Crippen molar-refractivity contribution in [2.45, 2.75) is 97.4 Å². The zero-order chi connectivity index (χ0) is 39.4. The first-order valence-corrected chi connectivity index (χ1v) is 21.4. The lowest BCUT2D eigenvalue weighted by atomic mass is 9.99. The van der Waals surface area contributed by atoms with Crippen LogP contribution in [-0.4, -0.2) is 68.0 Å². The van der Waals surface area contributed by atoms with Crippen LogP contribution in [0.25, 0.3) is 0 Å². The van der Waals surface area contributed by atoms with E-state index in [0.29, 0.717) is 40.8 Å². The number of nitrogens with zero attached hydrogens (tertiary/aromatic N) is 4. The van der Waals surface area contributed by atoms with Crippen LogP contribution in [0.3, 0.4) is 0 Å². The van der Waals surface area contributed by atoms with Crippen LogP contribution < -0.4 is 21.3 Å². The van der Waals surface area contributed by atoms with Crippen molar-refractivity contribution in [3.05, 3.63) is 84.1 Å². The molecule has 0 saturated carbocycles. The summed E-state index contributed by atoms with van der Waals surface area (Å²) in [6.45, 7) is 12.0. The van der Waals surface area contributed by atoms with Crippen molar-refractivity contribution < 1.29 is 24.0 Å². The summed E-state index contributed by atoms with van der Waals surface area (Å²) < 4.78 is 0. The van der Waals surface area contributed by atoms with Gasteiger partial charge in [0.1, 0.15) is 44.2 Å². The monoisotopic (exact) mass is 804 g/mol. The molecule has 55 heavy (non-hydrogen) atoms. The maximum absolute atomic E-state index is 14.1. The van der Waals surface area contributed by atoms with E-state index in [0.717, 1.165) is 12.0 Å². The number of carbonyl (C=O) groups is 5. The summed E-state index contributed by atoms with van der Waals surface area (Å²) in [6.07, 6.45) is 2.27. The molecular weight excluding hydrogens is 757 g/mol. The molecule has 0 aliphatic carbocycles. The highest BCUT2D eigenvalue weighted by atomic mass is 32.1. The van der Waals surface area contributed by atoms with Crippen molar-refractivity contribution in [2.75, 3.05) is 6.54 Å². The lowest BCUT2D eigenvalue weighted by Crippen LogP contribution is -2.55. The molecular formula is C39H48N8O5S3. The van der Waals surface area contributed by atoms with Crippen LogP contribution in [-0.2, 0) is 16.0 Å². The molecule has 6 atom stereocenters. The topological polar surface area (TPSA) is 175 Å². The second-order valence-electron chi connectivity index (χ2n) is 14.9. The number of carbonyl (C=O) groups excluding carboxylic acids is 5. The standard InChI is InChI=1S/C39H48N8O5S3/c1-7-22(6)31-38-43-27(19-55-38)33(49)45-30(21(4)5)39(52)47-15-11-14-28(47)35(51)44-29(20(2)3)37-42-25(18-54-37)32(48)40-24(16-23-12-9-8-10-13-23)36-41-26(17-53-36)34(50)46-31/h8-10,12-13,17-22,24,28-31H,7,11,14-16H2,1-6H3,(H,40,48)(H,44,51)(H,45,49)(H,46,50)/t22?,24-,28-,29-,30-,31+/m0/s1. The molecule has 0 radical (unpaired) electrons. The van der Waals surface area contributed by atoms with E-state index in [1.54, 1.807) is 21.0 Å². The molecule has 5 amide bonds. The predicted molar refractivity (Wildman–Crippen MR) is 213 cm³/mol. The van der Waals surface area contributed by atoms with E-state index in [1.165, 1.54) is 34.0 Å². The Morgan fingerprint density at radius 1 is 0.691 bits per heavy atom. The van der Waals surface area contributed by atoms with Crippen molar-refractivity contribution in [1.82, 2.24) is 41.1 Å². The lowest BCUT2D eigenvalue weighted by molar-refractivity contribution is -0.141. The number of hydrogen-bond donors (Lipinski definition) is 4. The van der Waals surface area contributed by atoms with Gasteiger partial charge in [-0.1, -0.05) is 78.3 Å². The second kappa shape index (κ2) is 17.5. The molecule has 1 aromatic carbocycles. The molecule has 2 aliphatic rings. The highest BCUT2D eigenvalue weighted by Crippen LogP contribution is 2.31. The number of rotatable bonds is 6. The highest BCUT2D eigenvalue weighted by Gasteiger charge is 2.40. The van der Waals surface area contributed by atoms with E-state index in [9.17, 15) is 24.0 Å². The van der Waals surface area contributed by atoms with Crippen molar-refractivity contribution >= 4 is 63.5 Å². The number of benzene rings is 1. The molecule has 4 N–H and O–H groups in total. The summed E-state index contributed by atoms with van der Waals surface area (Å²) in [6, 6.07) is 6.50. The number of aromatic nitrogens is 3. The Morgan fingerprint density at radius 2 is 1.22 bits per heavy atom. The second-order valence-corrected chi connectivity index (χ2v) is 17.5. The first kappa shape index (κ1) is 40.1. The van der Waals surface area contributed by atoms with Crippen molar-refractivity contribution in [3.8, 4) is 0 Å². The first-order chi connectivity index (χ1) is 26.3. The third-order valence-corrected chi connectivity index (χ3v) is 13.0. The summed E-state index contributed by atoms with van der Waals surface area (Å²) in [4.78, 5) is 85.0. The van der Waals surface area contributed by atoms with Gasteiger partial charge in [0.25, 0.3) is 17.7 Å². The quantitative estimate of drug-likeness (QED) is 0.188. The van der Waals surface area contributed by atoms with Gasteiger partial charge in [-0.05, 0) is 42.6 Å². The molecule has 292 valence electrons. The molecule has 6 rings (SSSR count). The van der Waals surface area contributed by atoms with E-state index in [-0.39, 0.29) is 46.6 Å². The predicted octanol–water partition coefficient (Wildman–Crippen LogP) is 5.86. The molecule has 0 spiro atoms. The van der Waals surface area contributed by atoms with Crippen LogP contribution in [0.1, 0.15) is 131 Å². The van der Waals surface area contributed by atoms with Crippen LogP contribution in [0.4, 0.5) is 0 Å². The molecule has 13 nitrogen and oxygen atoms in total. The Morgan fingerprint density at radius 3 is 1.80 bits per heavy atom. The Bertz CT molecular complexity index is 2010. The summed E-state index contributed by atoms with van der Waals surface area (Å²) >= 11 is 3.83. The largest absolute Gasteiger partial charge is 0.345 e. The Labute approximate surface area is 333 Å². The van der Waals surface area contributed by atoms with Gasteiger partial charge in [0.2, 0.25) is 11.8 Å². The maximum atomic E-state index is 14.1. The lowest BCUT2D eigenvalue weighted by Gasteiger charge is -2.31. The molecule has 1 fully saturated rings. The van der Waals surface area contributed by atoms with Gasteiger partial charge in [-0.15, -0.1) is 34.0 Å². The van der Waals surface area contributed by atoms with Crippen LogP contribution in [0.15, 0.2) is 46.5 Å². The van der Waals surface area contributed by atoms with Crippen molar-refractivity contribution in [3.63, 3.8) is 0 Å². The molecule has 5 heterocycles. The zero-order valence-corrected chi connectivity index (χ0v) is 34.3. The van der Waals surface area contributed by atoms with Gasteiger partial charge in [-0.3, -0.25) is 24.0 Å². The third kappa shape index (κ3) is 9.13. The van der Waals surface area contributed by atoms with E-state index in [2.05, 4.69) is 26.3 Å². The van der Waals surface area contributed by atoms with Gasteiger partial charge < -0.3 is 26.2 Å². The fourth-order valence-electron chi connectivity index (χ4n) is 6.78. The average molecular weight is 805 g/mol. The zero-order valence-electron chi connectivity index (χ0n) is 31.8. The first-order valence-electron chi connectivity index (χ1n) is 18.8. The summed E-state index contributed by atoms with van der Waals surface area (Å²) in [5.74, 6) is -2.34. The normalized spacial score (nSPS) is 23.5. The van der Waals surface area contributed by atoms with Crippen LogP contribution in [0.5, 0.6) is 0 Å². The number of amides is 5. The van der Waals surface area contributed by atoms with Gasteiger partial charge in [0.15, 0.2) is 0 Å². The molecule has 16 heteroatoms. The molecule has 4 aromatic rings. The van der Waals surface area contributed by atoms with E-state index < -0.39 is 47.9 Å². The van der Waals surface area contributed by atoms with Crippen LogP contribution >= 0.6 is 34.0 Å². The Kier molecular flexibility index (Phi) is 12.8. The number of thiazole rings is 3.